The lowest BCUT2D eigenvalue weighted by atomic mass is 9.82. The minimum Gasteiger partial charge on any atom is -0.456 e. The van der Waals surface area contributed by atoms with E-state index in [9.17, 15) is 0 Å². The second kappa shape index (κ2) is 14.2. The first-order valence-electron chi connectivity index (χ1n) is 21.8. The van der Waals surface area contributed by atoms with Gasteiger partial charge in [-0.3, -0.25) is 4.99 Å². The number of nitrogens with zero attached hydrogens (tertiary/aromatic N) is 3. The highest BCUT2D eigenvalue weighted by Crippen LogP contribution is 2.43. The average molecular weight is 826 g/mol. The Morgan fingerprint density at radius 3 is 2.05 bits per heavy atom. The van der Waals surface area contributed by atoms with Crippen LogP contribution >= 0.6 is 11.3 Å². The van der Waals surface area contributed by atoms with E-state index in [-0.39, 0.29) is 12.0 Å². The van der Waals surface area contributed by atoms with Crippen LogP contribution in [0, 0.1) is 5.92 Å². The van der Waals surface area contributed by atoms with E-state index in [1.807, 2.05) is 17.4 Å². The van der Waals surface area contributed by atoms with Gasteiger partial charge in [-0.05, 0) is 81.9 Å². The number of benzene rings is 9. The van der Waals surface area contributed by atoms with Gasteiger partial charge in [-0.1, -0.05) is 153 Å². The molecular weight excluding hydrogens is 787 g/mol. The van der Waals surface area contributed by atoms with Crippen molar-refractivity contribution < 1.29 is 4.42 Å². The summed E-state index contributed by atoms with van der Waals surface area (Å²) in [5.41, 5.74) is 11.6. The molecule has 3 aromatic heterocycles. The number of fused-ring (bicyclic) bond motifs is 10. The Labute approximate surface area is 367 Å². The number of para-hydroxylation sites is 2. The van der Waals surface area contributed by atoms with Crippen LogP contribution < -0.4 is 0 Å². The van der Waals surface area contributed by atoms with Crippen molar-refractivity contribution >= 4 is 97.6 Å². The second-order valence-electron chi connectivity index (χ2n) is 16.7. The van der Waals surface area contributed by atoms with Crippen molar-refractivity contribution in [3.05, 3.63) is 211 Å². The van der Waals surface area contributed by atoms with Crippen molar-refractivity contribution in [2.24, 2.45) is 15.9 Å². The van der Waals surface area contributed by atoms with Gasteiger partial charge in [-0.2, -0.15) is 0 Å². The summed E-state index contributed by atoms with van der Waals surface area (Å²) in [6.45, 7) is 2.28. The molecule has 0 fully saturated rings. The standard InChI is InChI=1S/C58H39N3OS/c1-2-42-56(37-26-24-36(25-27-37)35-14-4-3-5-15-35)59-58(60-57(42)40-28-29-45-44-19-10-13-23-53(44)63-54(45)32-40)48-33-41(34-52-55(48)46-20-9-12-22-51(46)62-52)61-49-21-11-8-18-43(49)47-30-38-16-6-7-17-39(38)31-50(47)61/h3-34,42,57H,2H2,1H3. The van der Waals surface area contributed by atoms with Crippen molar-refractivity contribution in [3.8, 4) is 16.8 Å². The molecule has 9 aromatic carbocycles. The maximum Gasteiger partial charge on any atom is 0.156 e. The molecule has 4 heterocycles. The summed E-state index contributed by atoms with van der Waals surface area (Å²) in [7, 11) is 0. The molecule has 0 radical (unpaired) electrons. The average Bonchev–Trinajstić information content (AvgIpc) is 4.02. The van der Waals surface area contributed by atoms with Crippen molar-refractivity contribution in [2.45, 2.75) is 19.4 Å². The molecule has 0 amide bonds. The zero-order valence-corrected chi connectivity index (χ0v) is 35.3. The zero-order valence-electron chi connectivity index (χ0n) is 34.5. The van der Waals surface area contributed by atoms with Crippen LogP contribution in [0.4, 0.5) is 0 Å². The Balaban J connectivity index is 1.08. The summed E-state index contributed by atoms with van der Waals surface area (Å²) in [5, 5.41) is 9.51. The van der Waals surface area contributed by atoms with Crippen LogP contribution in [0.3, 0.4) is 0 Å². The third-order valence-corrected chi connectivity index (χ3v) is 14.3. The van der Waals surface area contributed by atoms with Crippen LogP contribution in [0.25, 0.3) is 91.5 Å². The molecule has 13 rings (SSSR count). The quantitative estimate of drug-likeness (QED) is 0.165. The topological polar surface area (TPSA) is 42.8 Å². The highest BCUT2D eigenvalue weighted by Gasteiger charge is 2.33. The van der Waals surface area contributed by atoms with Crippen molar-refractivity contribution in [1.82, 2.24) is 4.57 Å². The molecule has 298 valence electrons. The molecule has 1 aliphatic heterocycles. The van der Waals surface area contributed by atoms with E-state index < -0.39 is 0 Å². The normalized spacial score (nSPS) is 15.6. The van der Waals surface area contributed by atoms with Crippen LogP contribution in [0.15, 0.2) is 209 Å². The lowest BCUT2D eigenvalue weighted by Crippen LogP contribution is -2.28. The fraction of sp³-hybridized carbons (Fsp3) is 0.0690. The summed E-state index contributed by atoms with van der Waals surface area (Å²) in [5.74, 6) is 0.765. The number of aliphatic imine (C=N–C) groups is 2. The van der Waals surface area contributed by atoms with Crippen molar-refractivity contribution in [3.63, 3.8) is 0 Å². The number of aromatic nitrogens is 1. The first kappa shape index (κ1) is 36.1. The number of hydrogen-bond acceptors (Lipinski definition) is 4. The largest absolute Gasteiger partial charge is 0.456 e. The summed E-state index contributed by atoms with van der Waals surface area (Å²) >= 11 is 1.86. The molecule has 2 unspecified atom stereocenters. The molecule has 0 N–H and O–H groups in total. The van der Waals surface area contributed by atoms with Crippen LogP contribution in [0.5, 0.6) is 0 Å². The molecule has 4 nitrogen and oxygen atoms in total. The molecule has 0 bridgehead atoms. The Bertz CT molecular complexity index is 3850. The van der Waals surface area contributed by atoms with Crippen molar-refractivity contribution in [2.75, 3.05) is 0 Å². The van der Waals surface area contributed by atoms with Gasteiger partial charge < -0.3 is 8.98 Å². The molecule has 0 saturated heterocycles. The second-order valence-corrected chi connectivity index (χ2v) is 17.8. The highest BCUT2D eigenvalue weighted by molar-refractivity contribution is 7.25. The molecule has 63 heavy (non-hydrogen) atoms. The number of thiophene rings is 1. The predicted molar refractivity (Wildman–Crippen MR) is 266 cm³/mol. The predicted octanol–water partition coefficient (Wildman–Crippen LogP) is 15.9. The van der Waals surface area contributed by atoms with E-state index in [2.05, 4.69) is 200 Å². The molecule has 0 saturated carbocycles. The third-order valence-electron chi connectivity index (χ3n) is 13.2. The van der Waals surface area contributed by atoms with Gasteiger partial charge in [0.05, 0.1) is 28.5 Å². The van der Waals surface area contributed by atoms with E-state index >= 15 is 0 Å². The van der Waals surface area contributed by atoms with Gasteiger partial charge in [-0.15, -0.1) is 11.3 Å². The summed E-state index contributed by atoms with van der Waals surface area (Å²) in [6, 6.07) is 70.0. The summed E-state index contributed by atoms with van der Waals surface area (Å²) in [6.07, 6.45) is 0.880. The number of amidine groups is 1. The van der Waals surface area contributed by atoms with E-state index in [4.69, 9.17) is 14.4 Å². The van der Waals surface area contributed by atoms with E-state index in [1.54, 1.807) is 0 Å². The third kappa shape index (κ3) is 5.73. The minimum absolute atomic E-state index is 0.0496. The van der Waals surface area contributed by atoms with Crippen LogP contribution in [-0.4, -0.2) is 16.1 Å². The van der Waals surface area contributed by atoms with Crippen LogP contribution in [0.1, 0.15) is 36.1 Å². The van der Waals surface area contributed by atoms with Crippen molar-refractivity contribution in [1.29, 1.82) is 0 Å². The van der Waals surface area contributed by atoms with Gasteiger partial charge in [0.2, 0.25) is 0 Å². The zero-order chi connectivity index (χ0) is 41.6. The molecule has 2 atom stereocenters. The first-order chi connectivity index (χ1) is 31.2. The van der Waals surface area contributed by atoms with Gasteiger partial charge >= 0.3 is 0 Å². The Morgan fingerprint density at radius 2 is 1.21 bits per heavy atom. The van der Waals surface area contributed by atoms with Crippen LogP contribution in [-0.2, 0) is 0 Å². The molecule has 1 aliphatic rings. The molecule has 12 aromatic rings. The lowest BCUT2D eigenvalue weighted by Gasteiger charge is -2.30. The maximum absolute atomic E-state index is 6.80. The van der Waals surface area contributed by atoms with Gasteiger partial charge in [0.15, 0.2) is 5.84 Å². The SMILES string of the molecule is CCC1C(c2ccc(-c3ccccc3)cc2)=NC(c2cc(-n3c4ccccc4c4cc5ccccc5cc43)cc3oc4ccccc4c23)=NC1c1ccc2c(c1)sc1ccccc12. The van der Waals surface area contributed by atoms with Gasteiger partial charge in [0, 0.05) is 59.3 Å². The number of furan rings is 1. The monoisotopic (exact) mass is 825 g/mol. The van der Waals surface area contributed by atoms with Gasteiger partial charge in [-0.25, -0.2) is 4.99 Å². The summed E-state index contributed by atoms with van der Waals surface area (Å²) < 4.78 is 11.8. The van der Waals surface area contributed by atoms with Gasteiger partial charge in [0.25, 0.3) is 0 Å². The number of hydrogen-bond donors (Lipinski definition) is 0. The summed E-state index contributed by atoms with van der Waals surface area (Å²) in [4.78, 5) is 11.5. The smallest absolute Gasteiger partial charge is 0.156 e. The Morgan fingerprint density at radius 1 is 0.524 bits per heavy atom. The Kier molecular flexibility index (Phi) is 8.15. The Hall–Kier alpha value is -7.60. The minimum atomic E-state index is -0.169. The highest BCUT2D eigenvalue weighted by atomic mass is 32.1. The molecule has 5 heteroatoms. The molecule has 0 spiro atoms. The van der Waals surface area contributed by atoms with E-state index in [1.165, 1.54) is 58.4 Å². The fourth-order valence-corrected chi connectivity index (χ4v) is 11.4. The molecule has 0 aliphatic carbocycles. The fourth-order valence-electron chi connectivity index (χ4n) is 10.2. The molecular formula is C58H39N3OS. The van der Waals surface area contributed by atoms with Gasteiger partial charge in [0.1, 0.15) is 11.2 Å². The number of rotatable bonds is 6. The first-order valence-corrected chi connectivity index (χ1v) is 22.6. The lowest BCUT2D eigenvalue weighted by molar-refractivity contribution is 0.533. The van der Waals surface area contributed by atoms with Crippen LogP contribution in [0.2, 0.25) is 0 Å². The maximum atomic E-state index is 6.80. The van der Waals surface area contributed by atoms with E-state index in [0.717, 1.165) is 61.9 Å². The van der Waals surface area contributed by atoms with E-state index in [0.29, 0.717) is 5.84 Å².